The van der Waals surface area contributed by atoms with E-state index in [0.717, 1.165) is 16.9 Å². The highest BCUT2D eigenvalue weighted by Gasteiger charge is 2.20. The van der Waals surface area contributed by atoms with Crippen LogP contribution in [0.3, 0.4) is 0 Å². The zero-order valence-electron chi connectivity index (χ0n) is 7.89. The number of hydrogen-bond acceptors (Lipinski definition) is 2. The third-order valence-corrected chi connectivity index (χ3v) is 3.64. The van der Waals surface area contributed by atoms with Crippen molar-refractivity contribution < 1.29 is 4.79 Å². The number of rotatable bonds is 0. The summed E-state index contributed by atoms with van der Waals surface area (Å²) < 4.78 is 0. The van der Waals surface area contributed by atoms with Crippen LogP contribution in [0, 0.1) is 13.8 Å². The fourth-order valence-electron chi connectivity index (χ4n) is 1.69. The Balaban J connectivity index is 2.67. The van der Waals surface area contributed by atoms with Crippen molar-refractivity contribution in [2.45, 2.75) is 25.2 Å². The molecule has 13 heavy (non-hydrogen) atoms. The second kappa shape index (κ2) is 3.18. The molecule has 0 spiro atoms. The van der Waals surface area contributed by atoms with E-state index in [2.05, 4.69) is 13.0 Å². The maximum atomic E-state index is 11.6. The summed E-state index contributed by atoms with van der Waals surface area (Å²) in [5.41, 5.74) is 3.33. The van der Waals surface area contributed by atoms with Gasteiger partial charge in [0.15, 0.2) is 5.78 Å². The van der Waals surface area contributed by atoms with Gasteiger partial charge in [0, 0.05) is 22.6 Å². The van der Waals surface area contributed by atoms with Gasteiger partial charge in [-0.1, -0.05) is 12.1 Å². The smallest absolute Gasteiger partial charge is 0.165 e. The van der Waals surface area contributed by atoms with Crippen molar-refractivity contribution in [3.8, 4) is 0 Å². The zero-order chi connectivity index (χ0) is 9.42. The molecule has 1 aromatic rings. The summed E-state index contributed by atoms with van der Waals surface area (Å²) >= 11 is 1.81. The van der Waals surface area contributed by atoms with Crippen LogP contribution >= 0.6 is 11.8 Å². The molecule has 68 valence electrons. The first-order chi connectivity index (χ1) is 6.20. The van der Waals surface area contributed by atoms with Crippen molar-refractivity contribution in [3.63, 3.8) is 0 Å². The van der Waals surface area contributed by atoms with E-state index in [1.54, 1.807) is 0 Å². The highest BCUT2D eigenvalue weighted by molar-refractivity contribution is 7.99. The van der Waals surface area contributed by atoms with Crippen molar-refractivity contribution in [1.29, 1.82) is 0 Å². The lowest BCUT2D eigenvalue weighted by molar-refractivity contribution is 0.0984. The van der Waals surface area contributed by atoms with Gasteiger partial charge in [0.2, 0.25) is 0 Å². The third-order valence-electron chi connectivity index (χ3n) is 2.42. The fourth-order valence-corrected chi connectivity index (χ4v) is 2.90. The Kier molecular flexibility index (Phi) is 2.16. The predicted molar refractivity (Wildman–Crippen MR) is 55.6 cm³/mol. The Labute approximate surface area is 82.5 Å². The summed E-state index contributed by atoms with van der Waals surface area (Å²) in [6.45, 7) is 4.09. The molecular formula is C11H12OS. The zero-order valence-corrected chi connectivity index (χ0v) is 8.70. The minimum absolute atomic E-state index is 0.315. The van der Waals surface area contributed by atoms with Crippen LogP contribution in [0.15, 0.2) is 17.0 Å². The average Bonchev–Trinajstić information content (AvgIpc) is 2.12. The van der Waals surface area contributed by atoms with Crippen LogP contribution in [0.5, 0.6) is 0 Å². The number of thioether (sulfide) groups is 1. The van der Waals surface area contributed by atoms with Crippen molar-refractivity contribution >= 4 is 17.5 Å². The number of ketones is 1. The van der Waals surface area contributed by atoms with Crippen LogP contribution in [0.2, 0.25) is 0 Å². The number of carbonyl (C=O) groups excluding carboxylic acids is 1. The maximum absolute atomic E-state index is 11.6. The monoisotopic (exact) mass is 192 g/mol. The van der Waals surface area contributed by atoms with Crippen molar-refractivity contribution in [3.05, 3.63) is 28.8 Å². The van der Waals surface area contributed by atoms with Gasteiger partial charge in [-0.15, -0.1) is 11.8 Å². The summed E-state index contributed by atoms with van der Waals surface area (Å²) in [6.07, 6.45) is 0.696. The molecule has 0 fully saturated rings. The first kappa shape index (κ1) is 8.82. The summed E-state index contributed by atoms with van der Waals surface area (Å²) in [6, 6.07) is 4.14. The number of hydrogen-bond donors (Lipinski definition) is 0. The molecule has 0 radical (unpaired) electrons. The second-order valence-electron chi connectivity index (χ2n) is 3.43. The van der Waals surface area contributed by atoms with Gasteiger partial charge in [-0.3, -0.25) is 4.79 Å². The quantitative estimate of drug-likeness (QED) is 0.628. The number of benzene rings is 1. The van der Waals surface area contributed by atoms with Crippen molar-refractivity contribution in [2.24, 2.45) is 0 Å². The van der Waals surface area contributed by atoms with Gasteiger partial charge in [-0.05, 0) is 25.0 Å². The molecule has 0 atom stereocenters. The minimum atomic E-state index is 0.315. The minimum Gasteiger partial charge on any atom is -0.294 e. The SMILES string of the molecule is Cc1ccc(C)c2c1SCCC2=O. The lowest BCUT2D eigenvalue weighted by Crippen LogP contribution is -2.11. The molecule has 2 heteroatoms. The third kappa shape index (κ3) is 1.39. The second-order valence-corrected chi connectivity index (χ2v) is 4.53. The summed E-state index contributed by atoms with van der Waals surface area (Å²) in [5.74, 6) is 1.26. The van der Waals surface area contributed by atoms with Crippen molar-refractivity contribution in [2.75, 3.05) is 5.75 Å². The van der Waals surface area contributed by atoms with Crippen LogP contribution in [0.1, 0.15) is 27.9 Å². The van der Waals surface area contributed by atoms with Crippen LogP contribution in [-0.4, -0.2) is 11.5 Å². The van der Waals surface area contributed by atoms with Crippen LogP contribution in [0.4, 0.5) is 0 Å². The molecule has 0 bridgehead atoms. The van der Waals surface area contributed by atoms with E-state index in [0.29, 0.717) is 12.2 Å². The Morgan fingerprint density at radius 2 is 1.92 bits per heavy atom. The predicted octanol–water partition coefficient (Wildman–Crippen LogP) is 2.98. The maximum Gasteiger partial charge on any atom is 0.165 e. The molecule has 1 nitrogen and oxygen atoms in total. The highest BCUT2D eigenvalue weighted by Crippen LogP contribution is 2.34. The van der Waals surface area contributed by atoms with Crippen LogP contribution in [0.25, 0.3) is 0 Å². The topological polar surface area (TPSA) is 17.1 Å². The molecule has 1 heterocycles. The lowest BCUT2D eigenvalue weighted by atomic mass is 10.00. The summed E-state index contributed by atoms with van der Waals surface area (Å²) in [4.78, 5) is 12.9. The van der Waals surface area contributed by atoms with E-state index in [1.807, 2.05) is 24.8 Å². The molecule has 1 aliphatic rings. The first-order valence-electron chi connectivity index (χ1n) is 4.46. The molecule has 0 N–H and O–H groups in total. The Hall–Kier alpha value is -0.760. The molecule has 0 aliphatic carbocycles. The molecule has 0 unspecified atom stereocenters. The van der Waals surface area contributed by atoms with Gasteiger partial charge in [0.25, 0.3) is 0 Å². The molecule has 2 rings (SSSR count). The van der Waals surface area contributed by atoms with Gasteiger partial charge in [-0.2, -0.15) is 0 Å². The summed E-state index contributed by atoms with van der Waals surface area (Å²) in [7, 11) is 0. The van der Waals surface area contributed by atoms with Gasteiger partial charge < -0.3 is 0 Å². The standard InChI is InChI=1S/C11H12OS/c1-7-3-4-8(2)11-10(7)9(12)5-6-13-11/h3-4H,5-6H2,1-2H3. The van der Waals surface area contributed by atoms with Gasteiger partial charge in [0.1, 0.15) is 0 Å². The van der Waals surface area contributed by atoms with Crippen LogP contribution < -0.4 is 0 Å². The number of aryl methyl sites for hydroxylation is 2. The van der Waals surface area contributed by atoms with Gasteiger partial charge >= 0.3 is 0 Å². The van der Waals surface area contributed by atoms with E-state index >= 15 is 0 Å². The number of fused-ring (bicyclic) bond motifs is 1. The molecule has 1 aromatic carbocycles. The lowest BCUT2D eigenvalue weighted by Gasteiger charge is -2.18. The largest absolute Gasteiger partial charge is 0.294 e. The molecular weight excluding hydrogens is 180 g/mol. The molecule has 0 saturated heterocycles. The highest BCUT2D eigenvalue weighted by atomic mass is 32.2. The van der Waals surface area contributed by atoms with Crippen molar-refractivity contribution in [1.82, 2.24) is 0 Å². The van der Waals surface area contributed by atoms with Gasteiger partial charge in [0.05, 0.1) is 0 Å². The fraction of sp³-hybridized carbons (Fsp3) is 0.364. The van der Waals surface area contributed by atoms with E-state index in [4.69, 9.17) is 0 Å². The summed E-state index contributed by atoms with van der Waals surface area (Å²) in [5, 5.41) is 0. The average molecular weight is 192 g/mol. The first-order valence-corrected chi connectivity index (χ1v) is 5.45. The van der Waals surface area contributed by atoms with E-state index in [1.165, 1.54) is 10.5 Å². The van der Waals surface area contributed by atoms with Crippen LogP contribution in [-0.2, 0) is 0 Å². The Morgan fingerprint density at radius 1 is 1.23 bits per heavy atom. The Morgan fingerprint density at radius 3 is 2.62 bits per heavy atom. The van der Waals surface area contributed by atoms with Gasteiger partial charge in [-0.25, -0.2) is 0 Å². The molecule has 1 aliphatic heterocycles. The van der Waals surface area contributed by atoms with E-state index in [9.17, 15) is 4.79 Å². The molecule has 0 aromatic heterocycles. The molecule has 0 amide bonds. The van der Waals surface area contributed by atoms with E-state index in [-0.39, 0.29) is 0 Å². The molecule has 0 saturated carbocycles. The van der Waals surface area contributed by atoms with E-state index < -0.39 is 0 Å². The number of Topliss-reactive ketones (excluding diaryl/α,β-unsaturated/α-hetero) is 1. The number of carbonyl (C=O) groups is 1. The normalized spacial score (nSPS) is 15.7. The Bertz CT molecular complexity index is 369.